The minimum atomic E-state index is -0.262. The Morgan fingerprint density at radius 3 is 2.22 bits per heavy atom. The van der Waals surface area contributed by atoms with Gasteiger partial charge in [-0.15, -0.1) is 0 Å². The fraction of sp³-hybridized carbons (Fsp3) is 0.200. The highest BCUT2D eigenvalue weighted by molar-refractivity contribution is 7.80. The number of thiocarbonyl (C=S) groups is 1. The first-order valence-electron chi connectivity index (χ1n) is 10.5. The number of amides is 1. The molecule has 32 heavy (non-hydrogen) atoms. The van der Waals surface area contributed by atoms with E-state index in [1.807, 2.05) is 60.7 Å². The van der Waals surface area contributed by atoms with Gasteiger partial charge in [0.15, 0.2) is 5.11 Å². The quantitative estimate of drug-likeness (QED) is 0.538. The molecule has 1 saturated heterocycles. The van der Waals surface area contributed by atoms with Crippen molar-refractivity contribution in [2.24, 2.45) is 0 Å². The molecule has 0 aliphatic carbocycles. The molecule has 1 aliphatic rings. The number of benzene rings is 3. The minimum Gasteiger partial charge on any atom is -0.368 e. The number of halogens is 1. The normalized spacial score (nSPS) is 14.1. The molecule has 3 aromatic rings. The molecule has 0 bridgehead atoms. The molecule has 0 radical (unpaired) electrons. The van der Waals surface area contributed by atoms with Crippen LogP contribution in [0.1, 0.15) is 10.4 Å². The molecule has 0 saturated carbocycles. The van der Waals surface area contributed by atoms with Gasteiger partial charge in [-0.3, -0.25) is 10.1 Å². The Labute approximate surface area is 199 Å². The molecule has 0 atom stereocenters. The predicted octanol–water partition coefficient (Wildman–Crippen LogP) is 4.89. The van der Waals surface area contributed by atoms with E-state index < -0.39 is 0 Å². The molecule has 0 unspecified atom stereocenters. The van der Waals surface area contributed by atoms with Crippen LogP contribution in [-0.2, 0) is 0 Å². The van der Waals surface area contributed by atoms with E-state index in [0.717, 1.165) is 48.7 Å². The second kappa shape index (κ2) is 10.1. The number of nitrogens with one attached hydrogen (secondary N) is 2. The largest absolute Gasteiger partial charge is 0.368 e. The van der Waals surface area contributed by atoms with Gasteiger partial charge in [0, 0.05) is 37.4 Å². The summed E-state index contributed by atoms with van der Waals surface area (Å²) in [7, 11) is 2.12. The van der Waals surface area contributed by atoms with E-state index in [2.05, 4.69) is 27.5 Å². The minimum absolute atomic E-state index is 0.227. The van der Waals surface area contributed by atoms with Crippen LogP contribution >= 0.6 is 23.8 Å². The maximum atomic E-state index is 12.6. The molecule has 4 rings (SSSR count). The van der Waals surface area contributed by atoms with Crippen LogP contribution in [-0.4, -0.2) is 49.1 Å². The standard InChI is InChI=1S/C25H25ClN4OS/c1-29-13-15-30(16-14-29)23-12-11-21(17-22(23)26)27-25(32)28-24(31)20-9-7-19(8-10-20)18-5-3-2-4-6-18/h2-12,17H,13-16H2,1H3,(H2,27,28,31,32). The third kappa shape index (κ3) is 5.46. The van der Waals surface area contributed by atoms with Gasteiger partial charge in [0.2, 0.25) is 0 Å². The van der Waals surface area contributed by atoms with Crippen molar-refractivity contribution in [3.8, 4) is 11.1 Å². The highest BCUT2D eigenvalue weighted by atomic mass is 35.5. The van der Waals surface area contributed by atoms with E-state index in [0.29, 0.717) is 10.6 Å². The highest BCUT2D eigenvalue weighted by Crippen LogP contribution is 2.29. The van der Waals surface area contributed by atoms with Gasteiger partial charge in [-0.2, -0.15) is 0 Å². The molecule has 5 nitrogen and oxygen atoms in total. The number of hydrogen-bond donors (Lipinski definition) is 2. The van der Waals surface area contributed by atoms with Crippen LogP contribution in [0.15, 0.2) is 72.8 Å². The average molecular weight is 465 g/mol. The zero-order chi connectivity index (χ0) is 22.5. The fourth-order valence-corrected chi connectivity index (χ4v) is 4.18. The fourth-order valence-electron chi connectivity index (χ4n) is 3.67. The monoisotopic (exact) mass is 464 g/mol. The number of likely N-dealkylation sites (N-methyl/N-ethyl adjacent to an activating group) is 1. The first kappa shape index (κ1) is 22.3. The summed E-state index contributed by atoms with van der Waals surface area (Å²) in [6.07, 6.45) is 0. The number of carbonyl (C=O) groups excluding carboxylic acids is 1. The summed E-state index contributed by atoms with van der Waals surface area (Å²) >= 11 is 11.9. The molecule has 3 aromatic carbocycles. The van der Waals surface area contributed by atoms with Crippen LogP contribution in [0, 0.1) is 0 Å². The summed E-state index contributed by atoms with van der Waals surface area (Å²) in [5.41, 5.74) is 4.44. The van der Waals surface area contributed by atoms with E-state index in [4.69, 9.17) is 23.8 Å². The first-order valence-corrected chi connectivity index (χ1v) is 11.3. The number of carbonyl (C=O) groups is 1. The van der Waals surface area contributed by atoms with Crippen LogP contribution in [0.4, 0.5) is 11.4 Å². The predicted molar refractivity (Wildman–Crippen MR) is 137 cm³/mol. The van der Waals surface area contributed by atoms with Crippen LogP contribution < -0.4 is 15.5 Å². The summed E-state index contributed by atoms with van der Waals surface area (Å²) in [6.45, 7) is 3.92. The zero-order valence-corrected chi connectivity index (χ0v) is 19.4. The van der Waals surface area contributed by atoms with E-state index in [-0.39, 0.29) is 11.0 Å². The number of hydrogen-bond acceptors (Lipinski definition) is 4. The Bertz CT molecular complexity index is 1100. The Hall–Kier alpha value is -2.93. The van der Waals surface area contributed by atoms with E-state index in [9.17, 15) is 4.79 Å². The molecular weight excluding hydrogens is 440 g/mol. The third-order valence-electron chi connectivity index (χ3n) is 5.53. The third-order valence-corrected chi connectivity index (χ3v) is 6.04. The van der Waals surface area contributed by atoms with Crippen LogP contribution in [0.25, 0.3) is 11.1 Å². The Morgan fingerprint density at radius 2 is 1.56 bits per heavy atom. The molecule has 1 aliphatic heterocycles. The summed E-state index contributed by atoms with van der Waals surface area (Å²) in [6, 6.07) is 23.2. The van der Waals surface area contributed by atoms with Crippen molar-refractivity contribution in [1.82, 2.24) is 10.2 Å². The van der Waals surface area contributed by atoms with E-state index in [1.165, 1.54) is 0 Å². The van der Waals surface area contributed by atoms with Crippen molar-refractivity contribution in [2.75, 3.05) is 43.4 Å². The lowest BCUT2D eigenvalue weighted by Gasteiger charge is -2.34. The lowest BCUT2D eigenvalue weighted by atomic mass is 10.0. The van der Waals surface area contributed by atoms with Crippen LogP contribution in [0.3, 0.4) is 0 Å². The van der Waals surface area contributed by atoms with Gasteiger partial charge in [-0.25, -0.2) is 0 Å². The molecule has 7 heteroatoms. The second-order valence-corrected chi connectivity index (χ2v) is 8.62. The molecule has 164 valence electrons. The van der Waals surface area contributed by atoms with Crippen molar-refractivity contribution in [3.63, 3.8) is 0 Å². The number of anilines is 2. The SMILES string of the molecule is CN1CCN(c2ccc(NC(=S)NC(=O)c3ccc(-c4ccccc4)cc3)cc2Cl)CC1. The Balaban J connectivity index is 1.35. The van der Waals surface area contributed by atoms with Crippen LogP contribution in [0.2, 0.25) is 5.02 Å². The summed E-state index contributed by atoms with van der Waals surface area (Å²) in [4.78, 5) is 17.2. The van der Waals surface area contributed by atoms with Gasteiger partial charge in [0.25, 0.3) is 5.91 Å². The lowest BCUT2D eigenvalue weighted by Crippen LogP contribution is -2.44. The van der Waals surface area contributed by atoms with Gasteiger partial charge < -0.3 is 15.1 Å². The highest BCUT2D eigenvalue weighted by Gasteiger charge is 2.17. The molecule has 2 N–H and O–H groups in total. The number of rotatable bonds is 4. The zero-order valence-electron chi connectivity index (χ0n) is 17.8. The maximum absolute atomic E-state index is 12.6. The van der Waals surface area contributed by atoms with Crippen molar-refractivity contribution in [3.05, 3.63) is 83.4 Å². The maximum Gasteiger partial charge on any atom is 0.257 e. The van der Waals surface area contributed by atoms with Crippen molar-refractivity contribution in [1.29, 1.82) is 0 Å². The van der Waals surface area contributed by atoms with Crippen molar-refractivity contribution in [2.45, 2.75) is 0 Å². The lowest BCUT2D eigenvalue weighted by molar-refractivity contribution is 0.0978. The molecule has 1 fully saturated rings. The van der Waals surface area contributed by atoms with E-state index >= 15 is 0 Å². The van der Waals surface area contributed by atoms with Gasteiger partial charge in [0.1, 0.15) is 0 Å². The average Bonchev–Trinajstić information content (AvgIpc) is 2.80. The summed E-state index contributed by atoms with van der Waals surface area (Å²) in [5, 5.41) is 6.66. The molecule has 0 spiro atoms. The molecular formula is C25H25ClN4OS. The van der Waals surface area contributed by atoms with Crippen molar-refractivity contribution < 1.29 is 4.79 Å². The topological polar surface area (TPSA) is 47.6 Å². The second-order valence-electron chi connectivity index (χ2n) is 7.81. The van der Waals surface area contributed by atoms with E-state index in [1.54, 1.807) is 12.1 Å². The summed E-state index contributed by atoms with van der Waals surface area (Å²) < 4.78 is 0. The van der Waals surface area contributed by atoms with Gasteiger partial charge >= 0.3 is 0 Å². The van der Waals surface area contributed by atoms with Gasteiger partial charge in [-0.05, 0) is 60.7 Å². The van der Waals surface area contributed by atoms with Crippen molar-refractivity contribution >= 4 is 46.2 Å². The first-order chi connectivity index (χ1) is 15.5. The van der Waals surface area contributed by atoms with Crippen LogP contribution in [0.5, 0.6) is 0 Å². The Kier molecular flexibility index (Phi) is 7.05. The smallest absolute Gasteiger partial charge is 0.257 e. The molecule has 0 aromatic heterocycles. The molecule has 1 amide bonds. The van der Waals surface area contributed by atoms with Gasteiger partial charge in [-0.1, -0.05) is 54.1 Å². The number of piperazine rings is 1. The Morgan fingerprint density at radius 1 is 0.906 bits per heavy atom. The molecule has 1 heterocycles. The van der Waals surface area contributed by atoms with Gasteiger partial charge in [0.05, 0.1) is 10.7 Å². The summed E-state index contributed by atoms with van der Waals surface area (Å²) in [5.74, 6) is -0.262. The number of nitrogens with zero attached hydrogens (tertiary/aromatic N) is 2.